The lowest BCUT2D eigenvalue weighted by molar-refractivity contribution is 0.110. The zero-order valence-corrected chi connectivity index (χ0v) is 10.0. The lowest BCUT2D eigenvalue weighted by Crippen LogP contribution is -2.25. The van der Waals surface area contributed by atoms with E-state index in [0.29, 0.717) is 12.5 Å². The van der Waals surface area contributed by atoms with E-state index in [1.807, 2.05) is 6.20 Å². The molecule has 0 aliphatic carbocycles. The standard InChI is InChI=1S/C11H20N4O2/c16-5-2-4-15-9-10(13-14-15)7-12-8-11-3-1-6-17-11/h9,11-12,16H,1-8H2. The molecule has 0 radical (unpaired) electrons. The van der Waals surface area contributed by atoms with Crippen molar-refractivity contribution in [1.82, 2.24) is 20.3 Å². The molecule has 0 spiro atoms. The highest BCUT2D eigenvalue weighted by atomic mass is 16.5. The Labute approximate surface area is 101 Å². The van der Waals surface area contributed by atoms with Crippen LogP contribution in [0.3, 0.4) is 0 Å². The third-order valence-corrected chi connectivity index (χ3v) is 2.83. The largest absolute Gasteiger partial charge is 0.396 e. The van der Waals surface area contributed by atoms with Gasteiger partial charge < -0.3 is 15.2 Å². The molecule has 1 aromatic rings. The van der Waals surface area contributed by atoms with Crippen molar-refractivity contribution >= 4 is 0 Å². The maximum atomic E-state index is 8.71. The first kappa shape index (κ1) is 12.5. The van der Waals surface area contributed by atoms with Gasteiger partial charge in [0, 0.05) is 39.0 Å². The first-order valence-corrected chi connectivity index (χ1v) is 6.20. The lowest BCUT2D eigenvalue weighted by Gasteiger charge is -2.08. The van der Waals surface area contributed by atoms with Crippen LogP contribution >= 0.6 is 0 Å². The smallest absolute Gasteiger partial charge is 0.0964 e. The number of hydrogen-bond acceptors (Lipinski definition) is 5. The Morgan fingerprint density at radius 3 is 3.29 bits per heavy atom. The Kier molecular flexibility index (Phi) is 4.90. The van der Waals surface area contributed by atoms with Crippen LogP contribution in [0.1, 0.15) is 25.0 Å². The second-order valence-electron chi connectivity index (χ2n) is 4.32. The molecule has 1 aromatic heterocycles. The summed E-state index contributed by atoms with van der Waals surface area (Å²) in [5, 5.41) is 20.1. The molecule has 1 atom stereocenters. The van der Waals surface area contributed by atoms with Crippen LogP contribution in [0.15, 0.2) is 6.20 Å². The fourth-order valence-corrected chi connectivity index (χ4v) is 1.93. The van der Waals surface area contributed by atoms with Crippen LogP contribution in [0.5, 0.6) is 0 Å². The molecule has 1 saturated heterocycles. The van der Waals surface area contributed by atoms with Gasteiger partial charge in [0.05, 0.1) is 11.8 Å². The van der Waals surface area contributed by atoms with E-state index < -0.39 is 0 Å². The fraction of sp³-hybridized carbons (Fsp3) is 0.818. The molecule has 1 aliphatic heterocycles. The van der Waals surface area contributed by atoms with Gasteiger partial charge in [-0.2, -0.15) is 0 Å². The summed E-state index contributed by atoms with van der Waals surface area (Å²) in [7, 11) is 0. The van der Waals surface area contributed by atoms with Crippen molar-refractivity contribution in [3.8, 4) is 0 Å². The first-order valence-electron chi connectivity index (χ1n) is 6.20. The van der Waals surface area contributed by atoms with Crippen molar-refractivity contribution < 1.29 is 9.84 Å². The molecule has 0 aromatic carbocycles. The molecule has 96 valence electrons. The van der Waals surface area contributed by atoms with E-state index in [1.165, 1.54) is 6.42 Å². The van der Waals surface area contributed by atoms with Gasteiger partial charge in [0.1, 0.15) is 0 Å². The van der Waals surface area contributed by atoms with Gasteiger partial charge in [-0.15, -0.1) is 5.10 Å². The summed E-state index contributed by atoms with van der Waals surface area (Å²) in [4.78, 5) is 0. The van der Waals surface area contributed by atoms with E-state index in [1.54, 1.807) is 4.68 Å². The van der Waals surface area contributed by atoms with Crippen molar-refractivity contribution in [2.45, 2.75) is 38.5 Å². The van der Waals surface area contributed by atoms with Crippen molar-refractivity contribution in [1.29, 1.82) is 0 Å². The number of ether oxygens (including phenoxy) is 1. The molecule has 1 fully saturated rings. The molecule has 0 amide bonds. The van der Waals surface area contributed by atoms with E-state index in [9.17, 15) is 0 Å². The van der Waals surface area contributed by atoms with Gasteiger partial charge in [0.15, 0.2) is 0 Å². The average molecular weight is 240 g/mol. The van der Waals surface area contributed by atoms with E-state index in [4.69, 9.17) is 9.84 Å². The molecular formula is C11H20N4O2. The molecule has 1 aliphatic rings. The topological polar surface area (TPSA) is 72.2 Å². The van der Waals surface area contributed by atoms with Crippen molar-refractivity contribution in [3.63, 3.8) is 0 Å². The number of nitrogens with zero attached hydrogens (tertiary/aromatic N) is 3. The lowest BCUT2D eigenvalue weighted by atomic mass is 10.2. The van der Waals surface area contributed by atoms with Crippen LogP contribution in [0.25, 0.3) is 0 Å². The summed E-state index contributed by atoms with van der Waals surface area (Å²) in [5.41, 5.74) is 0.931. The summed E-state index contributed by atoms with van der Waals surface area (Å²) in [6, 6.07) is 0. The van der Waals surface area contributed by atoms with Crippen molar-refractivity contribution in [3.05, 3.63) is 11.9 Å². The van der Waals surface area contributed by atoms with Gasteiger partial charge in [0.2, 0.25) is 0 Å². The molecule has 0 bridgehead atoms. The summed E-state index contributed by atoms with van der Waals surface area (Å²) >= 11 is 0. The Hall–Kier alpha value is -0.980. The zero-order valence-electron chi connectivity index (χ0n) is 10.0. The molecule has 0 saturated carbocycles. The highest BCUT2D eigenvalue weighted by Crippen LogP contribution is 2.10. The average Bonchev–Trinajstić information content (AvgIpc) is 2.98. The van der Waals surface area contributed by atoms with Crippen molar-refractivity contribution in [2.24, 2.45) is 0 Å². The maximum absolute atomic E-state index is 8.71. The number of aliphatic hydroxyl groups is 1. The van der Waals surface area contributed by atoms with E-state index in [0.717, 1.165) is 38.4 Å². The third-order valence-electron chi connectivity index (χ3n) is 2.83. The van der Waals surface area contributed by atoms with Crippen LogP contribution in [-0.4, -0.2) is 46.0 Å². The summed E-state index contributed by atoms with van der Waals surface area (Å²) in [5.74, 6) is 0. The second-order valence-corrected chi connectivity index (χ2v) is 4.32. The van der Waals surface area contributed by atoms with Crippen LogP contribution in [0.4, 0.5) is 0 Å². The van der Waals surface area contributed by atoms with Crippen LogP contribution in [-0.2, 0) is 17.8 Å². The van der Waals surface area contributed by atoms with Crippen LogP contribution < -0.4 is 5.32 Å². The highest BCUT2D eigenvalue weighted by Gasteiger charge is 2.14. The van der Waals surface area contributed by atoms with E-state index in [2.05, 4.69) is 15.6 Å². The quantitative estimate of drug-likeness (QED) is 0.698. The molecule has 6 heteroatoms. The summed E-state index contributed by atoms with van der Waals surface area (Å²) in [6.07, 6.45) is 5.31. The monoisotopic (exact) mass is 240 g/mol. The van der Waals surface area contributed by atoms with E-state index >= 15 is 0 Å². The first-order chi connectivity index (χ1) is 8.38. The number of aliphatic hydroxyl groups excluding tert-OH is 1. The predicted octanol–water partition coefficient (Wildman–Crippen LogP) is -0.0709. The number of rotatable bonds is 7. The fourth-order valence-electron chi connectivity index (χ4n) is 1.93. The van der Waals surface area contributed by atoms with Crippen LogP contribution in [0, 0.1) is 0 Å². The van der Waals surface area contributed by atoms with Gasteiger partial charge in [-0.1, -0.05) is 5.21 Å². The minimum atomic E-state index is 0.187. The van der Waals surface area contributed by atoms with Crippen LogP contribution in [0.2, 0.25) is 0 Å². The molecule has 2 rings (SSSR count). The normalized spacial score (nSPS) is 19.9. The Balaban J connectivity index is 1.65. The third kappa shape index (κ3) is 4.07. The molecule has 1 unspecified atom stereocenters. The SMILES string of the molecule is OCCCn1cc(CNCC2CCCO2)nn1. The molecule has 2 heterocycles. The Morgan fingerprint density at radius 1 is 1.59 bits per heavy atom. The molecule has 2 N–H and O–H groups in total. The molecular weight excluding hydrogens is 220 g/mol. The molecule has 17 heavy (non-hydrogen) atoms. The van der Waals surface area contributed by atoms with Gasteiger partial charge in [0.25, 0.3) is 0 Å². The number of aryl methyl sites for hydroxylation is 1. The Bertz CT molecular complexity index is 323. The highest BCUT2D eigenvalue weighted by molar-refractivity contribution is 4.91. The Morgan fingerprint density at radius 2 is 2.53 bits per heavy atom. The number of nitrogens with one attached hydrogen (secondary N) is 1. The predicted molar refractivity (Wildman–Crippen MR) is 62.4 cm³/mol. The summed E-state index contributed by atoms with van der Waals surface area (Å²) in [6.45, 7) is 3.40. The minimum absolute atomic E-state index is 0.187. The second kappa shape index (κ2) is 6.68. The molecule has 6 nitrogen and oxygen atoms in total. The zero-order chi connectivity index (χ0) is 11.9. The maximum Gasteiger partial charge on any atom is 0.0964 e. The van der Waals surface area contributed by atoms with Gasteiger partial charge in [-0.25, -0.2) is 0 Å². The number of hydrogen-bond donors (Lipinski definition) is 2. The summed E-state index contributed by atoms with van der Waals surface area (Å²) < 4.78 is 7.28. The number of aromatic nitrogens is 3. The van der Waals surface area contributed by atoms with Crippen molar-refractivity contribution in [2.75, 3.05) is 19.8 Å². The minimum Gasteiger partial charge on any atom is -0.396 e. The van der Waals surface area contributed by atoms with E-state index in [-0.39, 0.29) is 6.61 Å². The van der Waals surface area contributed by atoms with Gasteiger partial charge in [-0.3, -0.25) is 4.68 Å². The van der Waals surface area contributed by atoms with Gasteiger partial charge >= 0.3 is 0 Å². The van der Waals surface area contributed by atoms with Gasteiger partial charge in [-0.05, 0) is 19.3 Å².